The Balaban J connectivity index is 2.18. The maximum atomic E-state index is 5.99. The van der Waals surface area contributed by atoms with Crippen molar-refractivity contribution in [3.63, 3.8) is 0 Å². The summed E-state index contributed by atoms with van der Waals surface area (Å²) in [4.78, 5) is 15.9. The molecule has 1 unspecified atom stereocenters. The van der Waals surface area contributed by atoms with Gasteiger partial charge in [0.1, 0.15) is 22.6 Å². The van der Waals surface area contributed by atoms with E-state index < -0.39 is 0 Å². The number of hydrogen-bond donors (Lipinski definition) is 2. The molecule has 0 bridgehead atoms. The number of H-pyrrole nitrogens is 1. The van der Waals surface area contributed by atoms with Crippen molar-refractivity contribution in [2.24, 2.45) is 0 Å². The van der Waals surface area contributed by atoms with Gasteiger partial charge in [-0.05, 0) is 6.92 Å². The van der Waals surface area contributed by atoms with Crippen LogP contribution in [0.25, 0.3) is 0 Å². The first-order valence-electron chi connectivity index (χ1n) is 5.86. The van der Waals surface area contributed by atoms with Gasteiger partial charge in [-0.2, -0.15) is 0 Å². The lowest BCUT2D eigenvalue weighted by Gasteiger charge is -2.14. The van der Waals surface area contributed by atoms with Crippen LogP contribution in [0.4, 0.5) is 5.82 Å². The number of halogens is 1. The van der Waals surface area contributed by atoms with Gasteiger partial charge in [0.2, 0.25) is 0 Å². The highest BCUT2D eigenvalue weighted by atomic mass is 35.5. The second kappa shape index (κ2) is 5.35. The van der Waals surface area contributed by atoms with Gasteiger partial charge in [-0.3, -0.25) is 0 Å². The van der Waals surface area contributed by atoms with Crippen molar-refractivity contribution in [2.75, 3.05) is 5.32 Å². The molecule has 0 aliphatic rings. The first-order valence-corrected chi connectivity index (χ1v) is 6.24. The third kappa shape index (κ3) is 2.98. The Kier molecular flexibility index (Phi) is 3.81. The zero-order valence-electron chi connectivity index (χ0n) is 10.6. The van der Waals surface area contributed by atoms with Crippen LogP contribution in [0.1, 0.15) is 44.4 Å². The molecule has 0 aromatic carbocycles. The summed E-state index contributed by atoms with van der Waals surface area (Å²) >= 11 is 5.99. The molecule has 2 heterocycles. The van der Waals surface area contributed by atoms with Gasteiger partial charge in [0.15, 0.2) is 0 Å². The van der Waals surface area contributed by atoms with E-state index in [4.69, 9.17) is 11.6 Å². The molecule has 2 aromatic rings. The number of nitrogens with one attached hydrogen (secondary N) is 2. The molecule has 1 atom stereocenters. The minimum Gasteiger partial charge on any atom is -0.360 e. The van der Waals surface area contributed by atoms with E-state index in [1.165, 1.54) is 0 Å². The summed E-state index contributed by atoms with van der Waals surface area (Å²) < 4.78 is 0. The van der Waals surface area contributed by atoms with E-state index in [1.807, 2.05) is 20.8 Å². The SMILES string of the molecule is CC(C)c1nc(Cl)cc(NC(C)c2ncc[nH]2)n1. The van der Waals surface area contributed by atoms with E-state index in [1.54, 1.807) is 18.5 Å². The first-order chi connectivity index (χ1) is 8.56. The summed E-state index contributed by atoms with van der Waals surface area (Å²) in [7, 11) is 0. The molecule has 0 amide bonds. The lowest BCUT2D eigenvalue weighted by atomic mass is 10.2. The van der Waals surface area contributed by atoms with Crippen LogP contribution in [0.2, 0.25) is 5.15 Å². The number of nitrogens with zero attached hydrogens (tertiary/aromatic N) is 3. The fourth-order valence-corrected chi connectivity index (χ4v) is 1.76. The van der Waals surface area contributed by atoms with Gasteiger partial charge >= 0.3 is 0 Å². The maximum absolute atomic E-state index is 5.99. The summed E-state index contributed by atoms with van der Waals surface area (Å²) in [5.74, 6) is 2.54. The topological polar surface area (TPSA) is 66.5 Å². The summed E-state index contributed by atoms with van der Waals surface area (Å²) in [6, 6.07) is 1.75. The minimum atomic E-state index is 0.0333. The first kappa shape index (κ1) is 12.8. The fourth-order valence-electron chi connectivity index (χ4n) is 1.57. The second-order valence-electron chi connectivity index (χ2n) is 4.43. The molecule has 0 aliphatic heterocycles. The smallest absolute Gasteiger partial charge is 0.135 e. The van der Waals surface area contributed by atoms with Crippen LogP contribution in [0, 0.1) is 0 Å². The zero-order chi connectivity index (χ0) is 13.1. The number of hydrogen-bond acceptors (Lipinski definition) is 4. The molecule has 2 rings (SSSR count). The van der Waals surface area contributed by atoms with Crippen LogP contribution >= 0.6 is 11.6 Å². The summed E-state index contributed by atoms with van der Waals surface area (Å²) in [6.07, 6.45) is 3.51. The molecule has 18 heavy (non-hydrogen) atoms. The molecule has 0 fully saturated rings. The minimum absolute atomic E-state index is 0.0333. The third-order valence-corrected chi connectivity index (χ3v) is 2.72. The molecule has 96 valence electrons. The molecule has 2 N–H and O–H groups in total. The molecule has 0 saturated heterocycles. The van der Waals surface area contributed by atoms with Crippen molar-refractivity contribution < 1.29 is 0 Å². The highest BCUT2D eigenvalue weighted by molar-refractivity contribution is 6.29. The molecule has 2 aromatic heterocycles. The molecule has 0 radical (unpaired) electrons. The van der Waals surface area contributed by atoms with Gasteiger partial charge in [-0.15, -0.1) is 0 Å². The number of rotatable bonds is 4. The van der Waals surface area contributed by atoms with Gasteiger partial charge in [-0.25, -0.2) is 15.0 Å². The predicted octanol–water partition coefficient (Wildman–Crippen LogP) is 3.15. The van der Waals surface area contributed by atoms with Crippen molar-refractivity contribution in [2.45, 2.75) is 32.7 Å². The zero-order valence-corrected chi connectivity index (χ0v) is 11.4. The van der Waals surface area contributed by atoms with Crippen LogP contribution in [0.3, 0.4) is 0 Å². The Morgan fingerprint density at radius 2 is 2.06 bits per heavy atom. The Morgan fingerprint density at radius 3 is 2.67 bits per heavy atom. The normalized spacial score (nSPS) is 12.7. The fraction of sp³-hybridized carbons (Fsp3) is 0.417. The van der Waals surface area contributed by atoms with Crippen molar-refractivity contribution in [3.05, 3.63) is 35.3 Å². The summed E-state index contributed by atoms with van der Waals surface area (Å²) in [6.45, 7) is 6.07. The summed E-state index contributed by atoms with van der Waals surface area (Å²) in [5, 5.41) is 3.70. The summed E-state index contributed by atoms with van der Waals surface area (Å²) in [5.41, 5.74) is 0. The van der Waals surface area contributed by atoms with Crippen molar-refractivity contribution in [3.8, 4) is 0 Å². The third-order valence-electron chi connectivity index (χ3n) is 2.52. The van der Waals surface area contributed by atoms with E-state index >= 15 is 0 Å². The van der Waals surface area contributed by atoms with E-state index in [-0.39, 0.29) is 12.0 Å². The quantitative estimate of drug-likeness (QED) is 0.834. The molecule has 0 saturated carbocycles. The van der Waals surface area contributed by atoms with Gasteiger partial charge in [0.25, 0.3) is 0 Å². The van der Waals surface area contributed by atoms with Crippen LogP contribution in [-0.4, -0.2) is 19.9 Å². The van der Waals surface area contributed by atoms with Gasteiger partial charge < -0.3 is 10.3 Å². The van der Waals surface area contributed by atoms with Crippen molar-refractivity contribution in [1.82, 2.24) is 19.9 Å². The number of anilines is 1. The number of aromatic nitrogens is 4. The number of aromatic amines is 1. The number of imidazole rings is 1. The Hall–Kier alpha value is -1.62. The van der Waals surface area contributed by atoms with Gasteiger partial charge in [0.05, 0.1) is 6.04 Å². The largest absolute Gasteiger partial charge is 0.360 e. The van der Waals surface area contributed by atoms with Crippen molar-refractivity contribution in [1.29, 1.82) is 0 Å². The molecule has 5 nitrogen and oxygen atoms in total. The highest BCUT2D eigenvalue weighted by Crippen LogP contribution is 2.20. The highest BCUT2D eigenvalue weighted by Gasteiger charge is 2.11. The van der Waals surface area contributed by atoms with Crippen LogP contribution in [0.15, 0.2) is 18.5 Å². The lowest BCUT2D eigenvalue weighted by Crippen LogP contribution is -2.11. The van der Waals surface area contributed by atoms with E-state index in [0.29, 0.717) is 11.0 Å². The average Bonchev–Trinajstić information content (AvgIpc) is 2.81. The monoisotopic (exact) mass is 265 g/mol. The Bertz CT molecular complexity index is 509. The second-order valence-corrected chi connectivity index (χ2v) is 4.82. The molecular formula is C12H16ClN5. The van der Waals surface area contributed by atoms with Gasteiger partial charge in [0, 0.05) is 24.4 Å². The lowest BCUT2D eigenvalue weighted by molar-refractivity contribution is 0.760. The van der Waals surface area contributed by atoms with E-state index in [2.05, 4.69) is 25.3 Å². The van der Waals surface area contributed by atoms with E-state index in [0.717, 1.165) is 11.6 Å². The van der Waals surface area contributed by atoms with E-state index in [9.17, 15) is 0 Å². The Morgan fingerprint density at radius 1 is 1.28 bits per heavy atom. The molecule has 0 aliphatic carbocycles. The average molecular weight is 266 g/mol. The van der Waals surface area contributed by atoms with Gasteiger partial charge in [-0.1, -0.05) is 25.4 Å². The molecule has 6 heteroatoms. The van der Waals surface area contributed by atoms with Crippen LogP contribution in [-0.2, 0) is 0 Å². The molecular weight excluding hydrogens is 250 g/mol. The Labute approximate surface area is 111 Å². The molecule has 0 spiro atoms. The standard InChI is InChI=1S/C12H16ClN5/c1-7(2)11-17-9(13)6-10(18-11)16-8(3)12-14-4-5-15-12/h4-8H,1-3H3,(H,14,15)(H,16,17,18). The van der Waals surface area contributed by atoms with Crippen LogP contribution in [0.5, 0.6) is 0 Å². The maximum Gasteiger partial charge on any atom is 0.135 e. The predicted molar refractivity (Wildman–Crippen MR) is 71.8 cm³/mol. The van der Waals surface area contributed by atoms with Crippen LogP contribution < -0.4 is 5.32 Å². The van der Waals surface area contributed by atoms with Crippen molar-refractivity contribution >= 4 is 17.4 Å².